The molecule has 0 aromatic heterocycles. The van der Waals surface area contributed by atoms with Crippen molar-refractivity contribution >= 4 is 35.3 Å². The van der Waals surface area contributed by atoms with Gasteiger partial charge in [0.15, 0.2) is 0 Å². The summed E-state index contributed by atoms with van der Waals surface area (Å²) >= 11 is 6.00. The second kappa shape index (κ2) is 11.0. The van der Waals surface area contributed by atoms with Crippen LogP contribution in [0.15, 0.2) is 48.5 Å². The molecule has 2 aromatic carbocycles. The van der Waals surface area contributed by atoms with Gasteiger partial charge in [-0.2, -0.15) is 13.2 Å². The Kier molecular flexibility index (Phi) is 8.02. The number of ether oxygens (including phenoxy) is 1. The molecule has 2 aromatic rings. The van der Waals surface area contributed by atoms with Gasteiger partial charge in [-0.25, -0.2) is 9.59 Å². The highest BCUT2D eigenvalue weighted by molar-refractivity contribution is 6.30. The number of rotatable bonds is 4. The molecule has 4 amide bonds. The number of anilines is 1. The van der Waals surface area contributed by atoms with E-state index in [0.717, 1.165) is 12.1 Å². The van der Waals surface area contributed by atoms with E-state index in [4.69, 9.17) is 16.3 Å². The highest BCUT2D eigenvalue weighted by Gasteiger charge is 2.41. The molecule has 1 atom stereocenters. The van der Waals surface area contributed by atoms with Crippen molar-refractivity contribution in [3.05, 3.63) is 64.7 Å². The molecular weight excluding hydrogens is 537 g/mol. The molecule has 0 spiro atoms. The Bertz CT molecular complexity index is 1220. The van der Waals surface area contributed by atoms with Gasteiger partial charge in [0, 0.05) is 43.4 Å². The van der Waals surface area contributed by atoms with Crippen LogP contribution in [0.25, 0.3) is 0 Å². The minimum Gasteiger partial charge on any atom is -0.444 e. The van der Waals surface area contributed by atoms with Crippen molar-refractivity contribution in [3.63, 3.8) is 0 Å². The minimum atomic E-state index is -4.54. The number of alkyl halides is 3. The van der Waals surface area contributed by atoms with Crippen molar-refractivity contribution in [3.8, 4) is 0 Å². The normalized spacial score (nSPS) is 18.5. The van der Waals surface area contributed by atoms with E-state index < -0.39 is 35.5 Å². The fourth-order valence-electron chi connectivity index (χ4n) is 4.58. The summed E-state index contributed by atoms with van der Waals surface area (Å²) in [6, 6.07) is 10.0. The topological polar surface area (TPSA) is 73.4 Å². The highest BCUT2D eigenvalue weighted by atomic mass is 35.5. The number of carbonyl (C=O) groups excluding carboxylic acids is 3. The van der Waals surface area contributed by atoms with Crippen molar-refractivity contribution < 1.29 is 32.3 Å². The minimum absolute atomic E-state index is 0.0202. The zero-order valence-electron chi connectivity index (χ0n) is 21.9. The lowest BCUT2D eigenvalue weighted by atomic mass is 10.0. The average molecular weight is 567 g/mol. The van der Waals surface area contributed by atoms with Crippen LogP contribution in [0.2, 0.25) is 5.02 Å². The van der Waals surface area contributed by atoms with Gasteiger partial charge < -0.3 is 19.4 Å². The molecule has 0 unspecified atom stereocenters. The van der Waals surface area contributed by atoms with Crippen molar-refractivity contribution in [2.45, 2.75) is 38.6 Å². The summed E-state index contributed by atoms with van der Waals surface area (Å²) in [5, 5.41) is 0.443. The van der Waals surface area contributed by atoms with E-state index >= 15 is 0 Å². The molecule has 2 fully saturated rings. The second-order valence-electron chi connectivity index (χ2n) is 10.5. The van der Waals surface area contributed by atoms with Crippen molar-refractivity contribution in [2.24, 2.45) is 0 Å². The molecule has 8 nitrogen and oxygen atoms in total. The number of hydrogen-bond acceptors (Lipinski definition) is 4. The number of carbonyl (C=O) groups is 3. The molecule has 2 heterocycles. The molecule has 2 aliphatic rings. The monoisotopic (exact) mass is 566 g/mol. The fourth-order valence-corrected chi connectivity index (χ4v) is 4.71. The number of benzene rings is 2. The number of urea groups is 1. The van der Waals surface area contributed by atoms with E-state index in [1.54, 1.807) is 49.9 Å². The Balaban J connectivity index is 1.49. The predicted molar refractivity (Wildman–Crippen MR) is 139 cm³/mol. The molecule has 2 saturated heterocycles. The zero-order valence-corrected chi connectivity index (χ0v) is 22.6. The Labute approximate surface area is 229 Å². The number of nitrogens with zero attached hydrogens (tertiary/aromatic N) is 4. The van der Waals surface area contributed by atoms with Crippen LogP contribution >= 0.6 is 11.6 Å². The number of amides is 4. The summed E-state index contributed by atoms with van der Waals surface area (Å²) in [6.45, 7) is 6.23. The molecule has 0 saturated carbocycles. The van der Waals surface area contributed by atoms with Gasteiger partial charge in [-0.15, -0.1) is 0 Å². The molecule has 0 radical (unpaired) electrons. The van der Waals surface area contributed by atoms with Gasteiger partial charge >= 0.3 is 18.3 Å². The SMILES string of the molecule is CC(C)(C)OC(=O)N1CCN(C(=O)CN2C[C@H](c3cccc(C(F)(F)F)c3)N(c3ccc(Cl)cc3)C2=O)CC1. The van der Waals surface area contributed by atoms with E-state index in [2.05, 4.69) is 0 Å². The van der Waals surface area contributed by atoms with Gasteiger partial charge in [-0.1, -0.05) is 23.7 Å². The summed E-state index contributed by atoms with van der Waals surface area (Å²) in [5.41, 5.74) is -0.700. The molecule has 4 rings (SSSR count). The lowest BCUT2D eigenvalue weighted by Gasteiger charge is -2.36. The van der Waals surface area contributed by atoms with Crippen LogP contribution in [0.3, 0.4) is 0 Å². The Morgan fingerprint density at radius 3 is 2.18 bits per heavy atom. The molecule has 0 bridgehead atoms. The standard InChI is InChI=1S/C27H30ClF3N4O4/c1-26(2,3)39-25(38)33-13-11-32(12-14-33)23(36)17-34-16-22(18-5-4-6-19(15-18)27(29,30)31)35(24(34)37)21-9-7-20(28)8-10-21/h4-10,15,22H,11-14,16-17H2,1-3H3/t22-/m1/s1. The van der Waals surface area contributed by atoms with Crippen LogP contribution in [0.1, 0.15) is 37.9 Å². The highest BCUT2D eigenvalue weighted by Crippen LogP contribution is 2.37. The first-order chi connectivity index (χ1) is 18.2. The van der Waals surface area contributed by atoms with Gasteiger partial charge in [0.25, 0.3) is 0 Å². The van der Waals surface area contributed by atoms with Crippen LogP contribution in [-0.4, -0.2) is 77.6 Å². The summed E-state index contributed by atoms with van der Waals surface area (Å²) < 4.78 is 45.6. The van der Waals surface area contributed by atoms with E-state index in [-0.39, 0.29) is 32.1 Å². The maximum Gasteiger partial charge on any atom is 0.416 e. The number of piperazine rings is 1. The first kappa shape index (κ1) is 28.5. The van der Waals surface area contributed by atoms with Gasteiger partial charge in [-0.3, -0.25) is 9.69 Å². The first-order valence-corrected chi connectivity index (χ1v) is 12.9. The summed E-state index contributed by atoms with van der Waals surface area (Å²) in [5.74, 6) is -0.312. The summed E-state index contributed by atoms with van der Waals surface area (Å²) in [7, 11) is 0. The maximum atomic E-state index is 13.5. The molecule has 0 N–H and O–H groups in total. The molecular formula is C27H30ClF3N4O4. The second-order valence-corrected chi connectivity index (χ2v) is 10.9. The molecule has 0 aliphatic carbocycles. The van der Waals surface area contributed by atoms with Crippen LogP contribution in [0.4, 0.5) is 28.4 Å². The predicted octanol–water partition coefficient (Wildman–Crippen LogP) is 5.42. The molecule has 39 heavy (non-hydrogen) atoms. The number of halogens is 4. The summed E-state index contributed by atoms with van der Waals surface area (Å²) in [4.78, 5) is 44.8. The third-order valence-electron chi connectivity index (χ3n) is 6.50. The first-order valence-electron chi connectivity index (χ1n) is 12.5. The van der Waals surface area contributed by atoms with Crippen molar-refractivity contribution in [1.82, 2.24) is 14.7 Å². The Hall–Kier alpha value is -3.47. The Morgan fingerprint density at radius 1 is 0.974 bits per heavy atom. The molecule has 2 aliphatic heterocycles. The lowest BCUT2D eigenvalue weighted by molar-refractivity contribution is -0.137. The average Bonchev–Trinajstić information content (AvgIpc) is 3.19. The molecule has 12 heteroatoms. The van der Waals surface area contributed by atoms with Gasteiger partial charge in [0.05, 0.1) is 11.6 Å². The summed E-state index contributed by atoms with van der Waals surface area (Å²) in [6.07, 6.45) is -4.99. The van der Waals surface area contributed by atoms with Gasteiger partial charge in [0.2, 0.25) is 5.91 Å². The van der Waals surface area contributed by atoms with Crippen molar-refractivity contribution in [1.29, 1.82) is 0 Å². The smallest absolute Gasteiger partial charge is 0.416 e. The van der Waals surface area contributed by atoms with Crippen LogP contribution in [0.5, 0.6) is 0 Å². The van der Waals surface area contributed by atoms with Crippen LogP contribution in [-0.2, 0) is 15.7 Å². The largest absolute Gasteiger partial charge is 0.444 e. The van der Waals surface area contributed by atoms with Crippen LogP contribution < -0.4 is 4.90 Å². The van der Waals surface area contributed by atoms with Gasteiger partial charge in [0.1, 0.15) is 12.1 Å². The zero-order chi connectivity index (χ0) is 28.5. The maximum absolute atomic E-state index is 13.5. The number of hydrogen-bond donors (Lipinski definition) is 0. The van der Waals surface area contributed by atoms with E-state index in [0.29, 0.717) is 29.4 Å². The lowest BCUT2D eigenvalue weighted by Crippen LogP contribution is -2.53. The fraction of sp³-hybridized carbons (Fsp3) is 0.444. The van der Waals surface area contributed by atoms with Crippen LogP contribution in [0, 0.1) is 0 Å². The molecule has 210 valence electrons. The van der Waals surface area contributed by atoms with E-state index in [1.807, 2.05) is 0 Å². The quantitative estimate of drug-likeness (QED) is 0.495. The third kappa shape index (κ3) is 6.76. The van der Waals surface area contributed by atoms with E-state index in [9.17, 15) is 27.6 Å². The van der Waals surface area contributed by atoms with Crippen molar-refractivity contribution in [2.75, 3.05) is 44.2 Å². The van der Waals surface area contributed by atoms with Gasteiger partial charge in [-0.05, 0) is 62.7 Å². The third-order valence-corrected chi connectivity index (χ3v) is 6.75. The Morgan fingerprint density at radius 2 is 1.59 bits per heavy atom. The van der Waals surface area contributed by atoms with E-state index in [1.165, 1.54) is 26.8 Å².